The molecule has 1 aromatic rings. The zero-order valence-electron chi connectivity index (χ0n) is 10.7. The van der Waals surface area contributed by atoms with E-state index in [1.165, 1.54) is 19.3 Å². The van der Waals surface area contributed by atoms with Crippen molar-refractivity contribution in [1.29, 1.82) is 0 Å². The Kier molecular flexibility index (Phi) is 5.11. The van der Waals surface area contributed by atoms with Crippen LogP contribution in [0.4, 0.5) is 0 Å². The van der Waals surface area contributed by atoms with Gasteiger partial charge >= 0.3 is 0 Å². The highest BCUT2D eigenvalue weighted by molar-refractivity contribution is 7.80. The van der Waals surface area contributed by atoms with Gasteiger partial charge in [-0.25, -0.2) is 5.01 Å². The Morgan fingerprint density at radius 1 is 1.05 bits per heavy atom. The molecule has 3 N–H and O–H groups in total. The molecule has 1 aromatic carbocycles. The molecule has 1 aliphatic heterocycles. The Morgan fingerprint density at radius 2 is 1.74 bits per heavy atom. The predicted molar refractivity (Wildman–Crippen MR) is 78.2 cm³/mol. The Labute approximate surface area is 118 Å². The van der Waals surface area contributed by atoms with Crippen molar-refractivity contribution in [3.63, 3.8) is 0 Å². The van der Waals surface area contributed by atoms with Crippen LogP contribution in [0.15, 0.2) is 30.3 Å². The molecule has 5 nitrogen and oxygen atoms in total. The topological polar surface area (TPSA) is 56.4 Å². The van der Waals surface area contributed by atoms with Gasteiger partial charge in [0.1, 0.15) is 0 Å². The molecule has 1 fully saturated rings. The van der Waals surface area contributed by atoms with Crippen LogP contribution in [-0.4, -0.2) is 29.1 Å². The van der Waals surface area contributed by atoms with Gasteiger partial charge in [0.25, 0.3) is 5.91 Å². The van der Waals surface area contributed by atoms with Crippen molar-refractivity contribution in [3.8, 4) is 0 Å². The lowest BCUT2D eigenvalue weighted by Crippen LogP contribution is -2.53. The first-order chi connectivity index (χ1) is 9.25. The molecule has 0 aromatic heterocycles. The summed E-state index contributed by atoms with van der Waals surface area (Å²) in [5.74, 6) is -0.205. The van der Waals surface area contributed by atoms with E-state index in [-0.39, 0.29) is 5.91 Å². The number of hydrazine groups is 2. The van der Waals surface area contributed by atoms with Crippen LogP contribution in [0.3, 0.4) is 0 Å². The molecule has 19 heavy (non-hydrogen) atoms. The molecule has 0 spiro atoms. The van der Waals surface area contributed by atoms with E-state index in [0.29, 0.717) is 10.7 Å². The first-order valence-electron chi connectivity index (χ1n) is 6.42. The van der Waals surface area contributed by atoms with Crippen LogP contribution >= 0.6 is 12.2 Å². The third kappa shape index (κ3) is 4.50. The molecule has 0 atom stereocenters. The number of thiocarbonyl (C=S) groups is 1. The van der Waals surface area contributed by atoms with Crippen molar-refractivity contribution < 1.29 is 4.79 Å². The van der Waals surface area contributed by atoms with Crippen molar-refractivity contribution in [3.05, 3.63) is 35.9 Å². The molecule has 0 bridgehead atoms. The lowest BCUT2D eigenvalue weighted by Gasteiger charge is -2.28. The standard InChI is InChI=1S/C13H18N4OS/c18-12(11-7-3-1-4-8-11)14-15-13(19)16-17-9-5-2-6-10-17/h1,3-4,7-8H,2,5-6,9-10H2,(H,14,18)(H2,15,16,19). The van der Waals surface area contributed by atoms with E-state index in [2.05, 4.69) is 21.3 Å². The number of carbonyl (C=O) groups is 1. The maximum Gasteiger partial charge on any atom is 0.269 e. The van der Waals surface area contributed by atoms with E-state index in [4.69, 9.17) is 12.2 Å². The van der Waals surface area contributed by atoms with Crippen LogP contribution in [-0.2, 0) is 0 Å². The molecule has 0 unspecified atom stereocenters. The number of hydrogen-bond donors (Lipinski definition) is 3. The second-order valence-corrected chi connectivity index (χ2v) is 4.84. The van der Waals surface area contributed by atoms with Crippen molar-refractivity contribution in [2.24, 2.45) is 0 Å². The first-order valence-corrected chi connectivity index (χ1v) is 6.83. The molecule has 0 radical (unpaired) electrons. The highest BCUT2D eigenvalue weighted by Crippen LogP contribution is 2.05. The average Bonchev–Trinajstić information content (AvgIpc) is 2.47. The fraction of sp³-hybridized carbons (Fsp3) is 0.385. The summed E-state index contributed by atoms with van der Waals surface area (Å²) in [5.41, 5.74) is 8.93. The Bertz CT molecular complexity index is 432. The molecule has 1 amide bonds. The third-order valence-electron chi connectivity index (χ3n) is 2.94. The molecular weight excluding hydrogens is 260 g/mol. The van der Waals surface area contributed by atoms with Gasteiger partial charge in [-0.1, -0.05) is 24.6 Å². The highest BCUT2D eigenvalue weighted by atomic mass is 32.1. The number of benzene rings is 1. The summed E-state index contributed by atoms with van der Waals surface area (Å²) in [6.45, 7) is 1.96. The molecule has 1 saturated heterocycles. The van der Waals surface area contributed by atoms with Crippen LogP contribution in [0.2, 0.25) is 0 Å². The SMILES string of the molecule is O=C(NNC(=S)NN1CCCCC1)c1ccccc1. The average molecular weight is 278 g/mol. The van der Waals surface area contributed by atoms with Gasteiger partial charge in [0.05, 0.1) is 0 Å². The second kappa shape index (κ2) is 7.06. The van der Waals surface area contributed by atoms with E-state index < -0.39 is 0 Å². The number of nitrogens with zero attached hydrogens (tertiary/aromatic N) is 1. The highest BCUT2D eigenvalue weighted by Gasteiger charge is 2.11. The van der Waals surface area contributed by atoms with Crippen molar-refractivity contribution in [2.45, 2.75) is 19.3 Å². The number of piperidine rings is 1. The minimum atomic E-state index is -0.205. The van der Waals surface area contributed by atoms with Gasteiger partial charge in [-0.3, -0.25) is 21.1 Å². The summed E-state index contributed by atoms with van der Waals surface area (Å²) in [7, 11) is 0. The van der Waals surface area contributed by atoms with E-state index in [1.807, 2.05) is 18.2 Å². The summed E-state index contributed by atoms with van der Waals surface area (Å²) in [6.07, 6.45) is 3.61. The van der Waals surface area contributed by atoms with Gasteiger partial charge in [0.2, 0.25) is 0 Å². The van der Waals surface area contributed by atoms with Gasteiger partial charge in [0.15, 0.2) is 5.11 Å². The molecule has 0 aliphatic carbocycles. The third-order valence-corrected chi connectivity index (χ3v) is 3.13. The van der Waals surface area contributed by atoms with Crippen LogP contribution in [0.25, 0.3) is 0 Å². The minimum absolute atomic E-state index is 0.205. The summed E-state index contributed by atoms with van der Waals surface area (Å²) in [4.78, 5) is 11.8. The first kappa shape index (κ1) is 13.8. The predicted octanol–water partition coefficient (Wildman–Crippen LogP) is 1.20. The Hall–Kier alpha value is -1.66. The summed E-state index contributed by atoms with van der Waals surface area (Å²) >= 11 is 5.12. The zero-order chi connectivity index (χ0) is 13.5. The number of amides is 1. The van der Waals surface area contributed by atoms with Gasteiger partial charge in [-0.05, 0) is 37.2 Å². The number of rotatable bonds is 2. The second-order valence-electron chi connectivity index (χ2n) is 4.43. The fourth-order valence-electron chi connectivity index (χ4n) is 1.95. The van der Waals surface area contributed by atoms with Crippen molar-refractivity contribution >= 4 is 23.2 Å². The lowest BCUT2D eigenvalue weighted by atomic mass is 10.2. The van der Waals surface area contributed by atoms with E-state index in [0.717, 1.165) is 13.1 Å². The molecule has 1 aliphatic rings. The Morgan fingerprint density at radius 3 is 2.42 bits per heavy atom. The molecule has 102 valence electrons. The van der Waals surface area contributed by atoms with Crippen molar-refractivity contribution in [2.75, 3.05) is 13.1 Å². The van der Waals surface area contributed by atoms with Crippen LogP contribution in [0.1, 0.15) is 29.6 Å². The van der Waals surface area contributed by atoms with Crippen LogP contribution in [0.5, 0.6) is 0 Å². The number of carbonyl (C=O) groups excluding carboxylic acids is 1. The molecule has 1 heterocycles. The fourth-order valence-corrected chi connectivity index (χ4v) is 2.13. The van der Waals surface area contributed by atoms with Crippen LogP contribution < -0.4 is 16.3 Å². The molecule has 2 rings (SSSR count). The van der Waals surface area contributed by atoms with E-state index in [1.54, 1.807) is 12.1 Å². The minimum Gasteiger partial charge on any atom is -0.294 e. The van der Waals surface area contributed by atoms with Gasteiger partial charge in [-0.15, -0.1) is 0 Å². The monoisotopic (exact) mass is 278 g/mol. The maximum absolute atomic E-state index is 11.8. The maximum atomic E-state index is 11.8. The zero-order valence-corrected chi connectivity index (χ0v) is 11.5. The molecule has 6 heteroatoms. The summed E-state index contributed by atoms with van der Waals surface area (Å²) in [6, 6.07) is 9.00. The van der Waals surface area contributed by atoms with Gasteiger partial charge in [0, 0.05) is 18.7 Å². The smallest absolute Gasteiger partial charge is 0.269 e. The Balaban J connectivity index is 1.72. The van der Waals surface area contributed by atoms with E-state index in [9.17, 15) is 4.79 Å². The molecule has 0 saturated carbocycles. The van der Waals surface area contributed by atoms with Gasteiger partial charge in [-0.2, -0.15) is 0 Å². The van der Waals surface area contributed by atoms with Crippen molar-refractivity contribution in [1.82, 2.24) is 21.3 Å². The number of nitrogens with one attached hydrogen (secondary N) is 3. The summed E-state index contributed by atoms with van der Waals surface area (Å²) < 4.78 is 0. The van der Waals surface area contributed by atoms with Crippen LogP contribution in [0, 0.1) is 0 Å². The van der Waals surface area contributed by atoms with Gasteiger partial charge < -0.3 is 0 Å². The molecular formula is C13H18N4OS. The largest absolute Gasteiger partial charge is 0.294 e. The summed E-state index contributed by atoms with van der Waals surface area (Å²) in [5, 5.41) is 2.47. The quantitative estimate of drug-likeness (QED) is 0.560. The number of hydrogen-bond acceptors (Lipinski definition) is 3. The van der Waals surface area contributed by atoms with E-state index >= 15 is 0 Å². The normalized spacial score (nSPS) is 15.6. The lowest BCUT2D eigenvalue weighted by molar-refractivity contribution is 0.0942.